The number of carbonyl (C=O) groups excluding carboxylic acids is 2. The number of likely N-dealkylation sites (tertiary alicyclic amines) is 1. The number of rotatable bonds is 4. The van der Waals surface area contributed by atoms with Crippen LogP contribution in [-0.2, 0) is 16.1 Å². The van der Waals surface area contributed by atoms with Gasteiger partial charge in [0, 0.05) is 37.7 Å². The van der Waals surface area contributed by atoms with Gasteiger partial charge in [-0.3, -0.25) is 9.59 Å². The van der Waals surface area contributed by atoms with Crippen molar-refractivity contribution in [3.05, 3.63) is 59.9 Å². The van der Waals surface area contributed by atoms with Gasteiger partial charge in [0.25, 0.3) is 0 Å². The van der Waals surface area contributed by atoms with Crippen molar-refractivity contribution in [3.63, 3.8) is 0 Å². The van der Waals surface area contributed by atoms with Crippen LogP contribution < -0.4 is 4.90 Å². The maximum absolute atomic E-state index is 13.1. The fourth-order valence-corrected chi connectivity index (χ4v) is 4.81. The number of piperidine rings is 1. The smallest absolute Gasteiger partial charge is 0.242 e. The van der Waals surface area contributed by atoms with Gasteiger partial charge >= 0.3 is 0 Å². The molecule has 2 saturated heterocycles. The Kier molecular flexibility index (Phi) is 5.22. The first-order valence-corrected chi connectivity index (χ1v) is 11.2. The van der Waals surface area contributed by atoms with Crippen molar-refractivity contribution in [2.24, 2.45) is 0 Å². The third kappa shape index (κ3) is 3.82. The first-order valence-electron chi connectivity index (χ1n) is 11.2. The van der Waals surface area contributed by atoms with Gasteiger partial charge in [-0.2, -0.15) is 0 Å². The highest BCUT2D eigenvalue weighted by atomic mass is 16.2. The van der Waals surface area contributed by atoms with E-state index in [0.717, 1.165) is 48.5 Å². The minimum atomic E-state index is -0.0321. The molecule has 1 aromatic heterocycles. The van der Waals surface area contributed by atoms with Crippen LogP contribution in [0.15, 0.2) is 48.5 Å². The highest BCUT2D eigenvalue weighted by Gasteiger charge is 2.35. The predicted molar refractivity (Wildman–Crippen MR) is 121 cm³/mol. The van der Waals surface area contributed by atoms with Gasteiger partial charge in [-0.15, -0.1) is 0 Å². The fraction of sp³-hybridized carbons (Fsp3) is 0.400. The first kappa shape index (κ1) is 19.8. The van der Waals surface area contributed by atoms with Crippen molar-refractivity contribution in [1.82, 2.24) is 14.5 Å². The van der Waals surface area contributed by atoms with E-state index in [1.165, 1.54) is 12.0 Å². The van der Waals surface area contributed by atoms with E-state index in [4.69, 9.17) is 4.98 Å². The molecule has 0 radical (unpaired) electrons. The van der Waals surface area contributed by atoms with Crippen molar-refractivity contribution < 1.29 is 9.59 Å². The zero-order valence-electron chi connectivity index (χ0n) is 18.0. The van der Waals surface area contributed by atoms with Gasteiger partial charge in [-0.25, -0.2) is 4.98 Å². The summed E-state index contributed by atoms with van der Waals surface area (Å²) >= 11 is 0. The van der Waals surface area contributed by atoms with Crippen LogP contribution in [0.5, 0.6) is 0 Å². The zero-order valence-corrected chi connectivity index (χ0v) is 18.0. The second-order valence-electron chi connectivity index (χ2n) is 8.73. The van der Waals surface area contributed by atoms with E-state index in [0.29, 0.717) is 13.0 Å². The maximum Gasteiger partial charge on any atom is 0.242 e. The van der Waals surface area contributed by atoms with Crippen LogP contribution in [0.1, 0.15) is 43.0 Å². The number of carbonyl (C=O) groups is 2. The largest absolute Gasteiger partial charge is 0.341 e. The molecule has 0 bridgehead atoms. The fourth-order valence-electron chi connectivity index (χ4n) is 4.81. The van der Waals surface area contributed by atoms with Gasteiger partial charge < -0.3 is 14.4 Å². The standard InChI is InChI=1S/C25H28N4O2/c1-18-9-11-20(12-10-18)28-16-19(15-23(28)30)25-26-21-7-3-4-8-22(21)29(25)17-24(31)27-13-5-2-6-14-27/h3-4,7-12,19H,2,5-6,13-17H2,1H3. The van der Waals surface area contributed by atoms with E-state index in [9.17, 15) is 9.59 Å². The second kappa shape index (κ2) is 8.17. The predicted octanol–water partition coefficient (Wildman–Crippen LogP) is 3.88. The molecule has 6 nitrogen and oxygen atoms in total. The molecule has 0 N–H and O–H groups in total. The number of para-hydroxylation sites is 2. The van der Waals surface area contributed by atoms with Crippen LogP contribution in [0.2, 0.25) is 0 Å². The van der Waals surface area contributed by atoms with Crippen LogP contribution in [0, 0.1) is 6.92 Å². The van der Waals surface area contributed by atoms with Crippen LogP contribution in [0.4, 0.5) is 5.69 Å². The maximum atomic E-state index is 13.1. The molecule has 5 rings (SSSR count). The SMILES string of the molecule is Cc1ccc(N2CC(c3nc4ccccc4n3CC(=O)N3CCCCC3)CC2=O)cc1. The van der Waals surface area contributed by atoms with Gasteiger partial charge in [0.1, 0.15) is 12.4 Å². The summed E-state index contributed by atoms with van der Waals surface area (Å²) in [7, 11) is 0. The molecule has 6 heteroatoms. The number of fused-ring (bicyclic) bond motifs is 1. The number of amides is 2. The third-order valence-corrected chi connectivity index (χ3v) is 6.52. The average molecular weight is 417 g/mol. The summed E-state index contributed by atoms with van der Waals surface area (Å²) in [6, 6.07) is 16.0. The van der Waals surface area contributed by atoms with E-state index in [-0.39, 0.29) is 24.3 Å². The van der Waals surface area contributed by atoms with E-state index in [2.05, 4.69) is 0 Å². The number of nitrogens with zero attached hydrogens (tertiary/aromatic N) is 4. The van der Waals surface area contributed by atoms with Gasteiger partial charge in [0.05, 0.1) is 11.0 Å². The highest BCUT2D eigenvalue weighted by Crippen LogP contribution is 2.33. The van der Waals surface area contributed by atoms with Crippen molar-refractivity contribution in [3.8, 4) is 0 Å². The van der Waals surface area contributed by atoms with Crippen molar-refractivity contribution in [2.75, 3.05) is 24.5 Å². The molecule has 1 atom stereocenters. The van der Waals surface area contributed by atoms with E-state index in [1.807, 2.05) is 69.8 Å². The summed E-state index contributed by atoms with van der Waals surface area (Å²) in [6.45, 7) is 4.59. The summed E-state index contributed by atoms with van der Waals surface area (Å²) in [5.74, 6) is 1.06. The van der Waals surface area contributed by atoms with E-state index < -0.39 is 0 Å². The Morgan fingerprint density at radius 1 is 1.03 bits per heavy atom. The zero-order chi connectivity index (χ0) is 21.4. The Balaban J connectivity index is 1.45. The molecule has 3 aromatic rings. The molecule has 2 fully saturated rings. The van der Waals surface area contributed by atoms with Crippen molar-refractivity contribution in [1.29, 1.82) is 0 Å². The minimum Gasteiger partial charge on any atom is -0.341 e. The topological polar surface area (TPSA) is 58.4 Å². The number of aromatic nitrogens is 2. The lowest BCUT2D eigenvalue weighted by Crippen LogP contribution is -2.38. The molecule has 31 heavy (non-hydrogen) atoms. The number of hydrogen-bond donors (Lipinski definition) is 0. The lowest BCUT2D eigenvalue weighted by molar-refractivity contribution is -0.132. The van der Waals surface area contributed by atoms with Crippen LogP contribution >= 0.6 is 0 Å². The molecule has 160 valence electrons. The lowest BCUT2D eigenvalue weighted by atomic mass is 10.1. The monoisotopic (exact) mass is 416 g/mol. The van der Waals surface area contributed by atoms with Gasteiger partial charge in [-0.05, 0) is 50.5 Å². The molecule has 3 heterocycles. The van der Waals surface area contributed by atoms with Gasteiger partial charge in [-0.1, -0.05) is 29.8 Å². The number of aryl methyl sites for hydroxylation is 1. The summed E-state index contributed by atoms with van der Waals surface area (Å²) < 4.78 is 2.04. The molecule has 2 amide bonds. The molecule has 2 aliphatic rings. The summed E-state index contributed by atoms with van der Waals surface area (Å²) in [6.07, 6.45) is 3.76. The normalized spacial score (nSPS) is 19.4. The number of benzene rings is 2. The molecule has 2 aromatic carbocycles. The summed E-state index contributed by atoms with van der Waals surface area (Å²) in [5, 5.41) is 0. The molecule has 0 aliphatic carbocycles. The van der Waals surface area contributed by atoms with E-state index in [1.54, 1.807) is 0 Å². The van der Waals surface area contributed by atoms with Gasteiger partial charge in [0.15, 0.2) is 0 Å². The Labute approximate surface area is 182 Å². The summed E-state index contributed by atoms with van der Waals surface area (Å²) in [4.78, 5) is 34.6. The van der Waals surface area contributed by atoms with Crippen molar-refractivity contribution in [2.45, 2.75) is 45.1 Å². The quantitative estimate of drug-likeness (QED) is 0.649. The van der Waals surface area contributed by atoms with Crippen LogP contribution in [0.3, 0.4) is 0 Å². The lowest BCUT2D eigenvalue weighted by Gasteiger charge is -2.27. The number of anilines is 1. The minimum absolute atomic E-state index is 0.0321. The van der Waals surface area contributed by atoms with E-state index >= 15 is 0 Å². The molecule has 2 aliphatic heterocycles. The second-order valence-corrected chi connectivity index (χ2v) is 8.73. The third-order valence-electron chi connectivity index (χ3n) is 6.52. The highest BCUT2D eigenvalue weighted by molar-refractivity contribution is 5.96. The molecule has 0 spiro atoms. The molecule has 1 unspecified atom stereocenters. The van der Waals surface area contributed by atoms with Gasteiger partial charge in [0.2, 0.25) is 11.8 Å². The summed E-state index contributed by atoms with van der Waals surface area (Å²) in [5.41, 5.74) is 3.93. The first-order chi connectivity index (χ1) is 15.1. The van der Waals surface area contributed by atoms with Crippen LogP contribution in [-0.4, -0.2) is 45.9 Å². The number of imidazole rings is 1. The Morgan fingerprint density at radius 3 is 2.55 bits per heavy atom. The molecular formula is C25H28N4O2. The average Bonchev–Trinajstić information content (AvgIpc) is 3.35. The Hall–Kier alpha value is -3.15. The Morgan fingerprint density at radius 2 is 1.77 bits per heavy atom. The van der Waals surface area contributed by atoms with Crippen LogP contribution in [0.25, 0.3) is 11.0 Å². The van der Waals surface area contributed by atoms with Crippen molar-refractivity contribution >= 4 is 28.5 Å². The number of hydrogen-bond acceptors (Lipinski definition) is 3. The molecule has 0 saturated carbocycles. The Bertz CT molecular complexity index is 1110. The molecular weight excluding hydrogens is 388 g/mol.